The Bertz CT molecular complexity index is 1790. The molecule has 0 aliphatic rings. The third-order valence-corrected chi connectivity index (χ3v) is 8.66. The summed E-state index contributed by atoms with van der Waals surface area (Å²) in [6.07, 6.45) is -0.751. The molecule has 0 bridgehead atoms. The van der Waals surface area contributed by atoms with E-state index in [4.69, 9.17) is 27.8 Å². The summed E-state index contributed by atoms with van der Waals surface area (Å²) in [6.45, 7) is 0.129. The molecular weight excluding hydrogens is 657 g/mol. The topological polar surface area (TPSA) is 119 Å². The first kappa shape index (κ1) is 35.9. The SMILES string of the molecule is COC(=O)[C@H](Cc1ccc(OP(=O)(OCc2ccccc2)OCc2ccccc2)c(OCc2ccccc2)c1)NC(=O)OCc1ccccc1. The van der Waals surface area contributed by atoms with Gasteiger partial charge in [0.1, 0.15) is 19.3 Å². The van der Waals surface area contributed by atoms with Crippen LogP contribution in [-0.4, -0.2) is 25.2 Å². The van der Waals surface area contributed by atoms with Gasteiger partial charge in [-0.2, -0.15) is 0 Å². The summed E-state index contributed by atoms with van der Waals surface area (Å²) in [7, 11) is -3.00. The molecule has 0 heterocycles. The molecule has 258 valence electrons. The highest BCUT2D eigenvalue weighted by molar-refractivity contribution is 7.48. The number of carbonyl (C=O) groups excluding carboxylic acids is 2. The Morgan fingerprint density at radius 1 is 0.600 bits per heavy atom. The number of hydrogen-bond donors (Lipinski definition) is 1. The molecule has 1 N–H and O–H groups in total. The van der Waals surface area contributed by atoms with E-state index in [1.807, 2.05) is 121 Å². The second kappa shape index (κ2) is 18.4. The summed E-state index contributed by atoms with van der Waals surface area (Å²) in [6, 6.07) is 41.0. The number of phosphoric ester groups is 1. The van der Waals surface area contributed by atoms with Crippen molar-refractivity contribution in [3.05, 3.63) is 167 Å². The number of carbonyl (C=O) groups is 2. The number of phosphoric acid groups is 1. The normalized spacial score (nSPS) is 11.6. The van der Waals surface area contributed by atoms with Gasteiger partial charge in [0.15, 0.2) is 11.5 Å². The minimum atomic E-state index is -4.24. The van der Waals surface area contributed by atoms with Crippen LogP contribution in [0.2, 0.25) is 0 Å². The summed E-state index contributed by atoms with van der Waals surface area (Å²) < 4.78 is 48.4. The number of benzene rings is 5. The molecular formula is C39H38NO9P. The molecule has 0 unspecified atom stereocenters. The number of rotatable bonds is 17. The zero-order chi connectivity index (χ0) is 35.0. The molecule has 0 fully saturated rings. The van der Waals surface area contributed by atoms with E-state index >= 15 is 0 Å². The molecule has 0 aromatic heterocycles. The van der Waals surface area contributed by atoms with Gasteiger partial charge in [-0.15, -0.1) is 0 Å². The zero-order valence-corrected chi connectivity index (χ0v) is 28.4. The number of esters is 1. The maximum atomic E-state index is 14.2. The average molecular weight is 696 g/mol. The molecule has 0 saturated heterocycles. The fourth-order valence-electron chi connectivity index (χ4n) is 4.75. The van der Waals surface area contributed by atoms with Gasteiger partial charge in [0.2, 0.25) is 0 Å². The van der Waals surface area contributed by atoms with E-state index in [0.29, 0.717) is 5.56 Å². The molecule has 5 aromatic rings. The van der Waals surface area contributed by atoms with Crippen molar-refractivity contribution in [1.29, 1.82) is 0 Å². The molecule has 1 atom stereocenters. The van der Waals surface area contributed by atoms with Crippen LogP contribution in [0, 0.1) is 0 Å². The second-order valence-electron chi connectivity index (χ2n) is 11.1. The Labute approximate surface area is 291 Å². The molecule has 50 heavy (non-hydrogen) atoms. The number of nitrogens with one attached hydrogen (secondary N) is 1. The quantitative estimate of drug-likeness (QED) is 0.0759. The van der Waals surface area contributed by atoms with Crippen molar-refractivity contribution >= 4 is 19.9 Å². The monoisotopic (exact) mass is 695 g/mol. The van der Waals surface area contributed by atoms with Gasteiger partial charge in [-0.25, -0.2) is 14.2 Å². The van der Waals surface area contributed by atoms with Crippen LogP contribution in [0.4, 0.5) is 4.79 Å². The van der Waals surface area contributed by atoms with Gasteiger partial charge >= 0.3 is 19.9 Å². The second-order valence-corrected chi connectivity index (χ2v) is 12.7. The number of alkyl carbamates (subject to hydrolysis) is 1. The molecule has 11 heteroatoms. The largest absolute Gasteiger partial charge is 0.530 e. The van der Waals surface area contributed by atoms with Crippen molar-refractivity contribution in [3.8, 4) is 11.5 Å². The van der Waals surface area contributed by atoms with Crippen molar-refractivity contribution in [3.63, 3.8) is 0 Å². The molecule has 0 spiro atoms. The van der Waals surface area contributed by atoms with Crippen LogP contribution in [0.1, 0.15) is 27.8 Å². The summed E-state index contributed by atoms with van der Waals surface area (Å²) >= 11 is 0. The zero-order valence-electron chi connectivity index (χ0n) is 27.5. The van der Waals surface area contributed by atoms with E-state index in [9.17, 15) is 14.2 Å². The molecule has 1 amide bonds. The highest BCUT2D eigenvalue weighted by Gasteiger charge is 2.31. The smallest absolute Gasteiger partial charge is 0.485 e. The highest BCUT2D eigenvalue weighted by Crippen LogP contribution is 2.53. The van der Waals surface area contributed by atoms with Crippen LogP contribution < -0.4 is 14.6 Å². The Morgan fingerprint density at radius 2 is 1.08 bits per heavy atom. The number of ether oxygens (including phenoxy) is 3. The van der Waals surface area contributed by atoms with E-state index in [2.05, 4.69) is 5.32 Å². The summed E-state index contributed by atoms with van der Waals surface area (Å²) in [5.41, 5.74) is 3.82. The van der Waals surface area contributed by atoms with Gasteiger partial charge in [0.25, 0.3) is 0 Å². The van der Waals surface area contributed by atoms with Gasteiger partial charge in [0.05, 0.1) is 20.3 Å². The molecule has 10 nitrogen and oxygen atoms in total. The number of hydrogen-bond acceptors (Lipinski definition) is 9. The predicted molar refractivity (Wildman–Crippen MR) is 187 cm³/mol. The van der Waals surface area contributed by atoms with Crippen LogP contribution in [0.5, 0.6) is 11.5 Å². The number of methoxy groups -OCH3 is 1. The Kier molecular flexibility index (Phi) is 13.2. The van der Waals surface area contributed by atoms with Gasteiger partial charge in [-0.3, -0.25) is 9.05 Å². The summed E-state index contributed by atoms with van der Waals surface area (Å²) in [5, 5.41) is 2.59. The maximum absolute atomic E-state index is 14.2. The molecule has 5 rings (SSSR count). The van der Waals surface area contributed by atoms with Gasteiger partial charge in [-0.1, -0.05) is 127 Å². The lowest BCUT2D eigenvalue weighted by atomic mass is 10.1. The Hall–Kier alpha value is -5.41. The van der Waals surface area contributed by atoms with E-state index in [1.165, 1.54) is 7.11 Å². The van der Waals surface area contributed by atoms with Crippen molar-refractivity contribution in [2.75, 3.05) is 7.11 Å². The fraction of sp³-hybridized carbons (Fsp3) is 0.179. The van der Waals surface area contributed by atoms with Crippen molar-refractivity contribution in [1.82, 2.24) is 5.32 Å². The Morgan fingerprint density at radius 3 is 1.58 bits per heavy atom. The first-order valence-electron chi connectivity index (χ1n) is 15.9. The first-order valence-corrected chi connectivity index (χ1v) is 17.4. The third kappa shape index (κ3) is 11.3. The predicted octanol–water partition coefficient (Wildman–Crippen LogP) is 8.20. The first-order chi connectivity index (χ1) is 24.4. The van der Waals surface area contributed by atoms with Crippen LogP contribution in [0.25, 0.3) is 0 Å². The lowest BCUT2D eigenvalue weighted by molar-refractivity contribution is -0.143. The number of amides is 1. The molecule has 0 saturated carbocycles. The van der Waals surface area contributed by atoms with E-state index in [1.54, 1.807) is 18.2 Å². The average Bonchev–Trinajstić information content (AvgIpc) is 3.16. The Balaban J connectivity index is 1.37. The van der Waals surface area contributed by atoms with Crippen molar-refractivity contribution < 1.29 is 41.9 Å². The van der Waals surface area contributed by atoms with E-state index in [-0.39, 0.29) is 44.3 Å². The fourth-order valence-corrected chi connectivity index (χ4v) is 5.93. The van der Waals surface area contributed by atoms with Crippen LogP contribution in [0.3, 0.4) is 0 Å². The minimum absolute atomic E-state index is 0.0295. The highest BCUT2D eigenvalue weighted by atomic mass is 31.2. The maximum Gasteiger partial charge on any atom is 0.530 e. The molecule has 0 aliphatic carbocycles. The summed E-state index contributed by atoms with van der Waals surface area (Å²) in [5.74, 6) is -0.352. The third-order valence-electron chi connectivity index (χ3n) is 7.35. The van der Waals surface area contributed by atoms with Gasteiger partial charge in [-0.05, 0) is 39.9 Å². The molecule has 0 radical (unpaired) electrons. The van der Waals surface area contributed by atoms with Gasteiger partial charge < -0.3 is 24.1 Å². The lowest BCUT2D eigenvalue weighted by Gasteiger charge is -2.22. The van der Waals surface area contributed by atoms with Crippen LogP contribution in [0.15, 0.2) is 140 Å². The molecule has 0 aliphatic heterocycles. The molecule has 5 aromatic carbocycles. The summed E-state index contributed by atoms with van der Waals surface area (Å²) in [4.78, 5) is 25.4. The van der Waals surface area contributed by atoms with Crippen LogP contribution >= 0.6 is 7.82 Å². The lowest BCUT2D eigenvalue weighted by Crippen LogP contribution is -2.43. The van der Waals surface area contributed by atoms with Crippen molar-refractivity contribution in [2.45, 2.75) is 38.9 Å². The minimum Gasteiger partial charge on any atom is -0.485 e. The van der Waals surface area contributed by atoms with Gasteiger partial charge in [0, 0.05) is 6.42 Å². The van der Waals surface area contributed by atoms with Crippen molar-refractivity contribution in [2.24, 2.45) is 0 Å². The van der Waals surface area contributed by atoms with E-state index in [0.717, 1.165) is 22.3 Å². The van der Waals surface area contributed by atoms with Crippen LogP contribution in [-0.2, 0) is 60.7 Å². The van der Waals surface area contributed by atoms with E-state index < -0.39 is 25.9 Å². The standard InChI is InChI=1S/C39H38NO9P/c1-44-38(41)35(40-39(42)46-27-31-16-8-3-9-17-31)24-34-22-23-36(37(25-34)45-26-30-14-6-2-7-15-30)49-50(43,47-28-32-18-10-4-11-19-32)48-29-33-20-12-5-13-21-33/h2-23,25,35H,24,26-29H2,1H3,(H,40,42)/t35-/m0/s1.